The van der Waals surface area contributed by atoms with Gasteiger partial charge in [-0.25, -0.2) is 4.52 Å². The minimum absolute atomic E-state index is 0.0400. The van der Waals surface area contributed by atoms with Gasteiger partial charge >= 0.3 is 0 Å². The first-order valence-corrected chi connectivity index (χ1v) is 8.18. The van der Waals surface area contributed by atoms with E-state index in [1.807, 2.05) is 29.3 Å². The summed E-state index contributed by atoms with van der Waals surface area (Å²) >= 11 is 0. The molecule has 0 unspecified atom stereocenters. The van der Waals surface area contributed by atoms with E-state index < -0.39 is 0 Å². The predicted octanol–water partition coefficient (Wildman–Crippen LogP) is 0.511. The van der Waals surface area contributed by atoms with Gasteiger partial charge in [-0.3, -0.25) is 9.59 Å². The molecule has 24 heavy (non-hydrogen) atoms. The van der Waals surface area contributed by atoms with Crippen molar-refractivity contribution >= 4 is 17.3 Å². The maximum absolute atomic E-state index is 12.8. The van der Waals surface area contributed by atoms with Crippen LogP contribution in [0.1, 0.15) is 10.4 Å². The number of hydrogen-bond donors (Lipinski definition) is 0. The SMILES string of the molecule is COCCN1C[C@@H]2CN(C(=O)c3cnn4ccccc34)C[C@@H]2C1=O. The van der Waals surface area contributed by atoms with E-state index in [0.29, 0.717) is 38.3 Å². The number of ether oxygens (including phenoxy) is 1. The molecule has 0 aliphatic carbocycles. The molecule has 2 saturated heterocycles. The molecular weight excluding hydrogens is 308 g/mol. The van der Waals surface area contributed by atoms with Gasteiger partial charge in [-0.05, 0) is 12.1 Å². The van der Waals surface area contributed by atoms with Crippen molar-refractivity contribution in [2.75, 3.05) is 39.9 Å². The third-order valence-electron chi connectivity index (χ3n) is 5.03. The van der Waals surface area contributed by atoms with E-state index in [2.05, 4.69) is 5.10 Å². The van der Waals surface area contributed by atoms with Gasteiger partial charge in [0.2, 0.25) is 5.91 Å². The Morgan fingerprint density at radius 3 is 3.00 bits per heavy atom. The van der Waals surface area contributed by atoms with E-state index in [9.17, 15) is 9.59 Å². The fourth-order valence-electron chi connectivity index (χ4n) is 3.78. The lowest BCUT2D eigenvalue weighted by Crippen LogP contribution is -2.36. The first kappa shape index (κ1) is 15.1. The molecule has 0 saturated carbocycles. The molecule has 126 valence electrons. The van der Waals surface area contributed by atoms with Crippen molar-refractivity contribution in [1.29, 1.82) is 0 Å². The number of pyridine rings is 1. The fourth-order valence-corrected chi connectivity index (χ4v) is 3.78. The molecule has 4 rings (SSSR count). The van der Waals surface area contributed by atoms with Crippen LogP contribution in [0.15, 0.2) is 30.6 Å². The third-order valence-corrected chi connectivity index (χ3v) is 5.03. The molecule has 0 bridgehead atoms. The summed E-state index contributed by atoms with van der Waals surface area (Å²) in [6.45, 7) is 3.02. The topological polar surface area (TPSA) is 67.2 Å². The van der Waals surface area contributed by atoms with Crippen LogP contribution in [0.25, 0.3) is 5.52 Å². The fraction of sp³-hybridized carbons (Fsp3) is 0.471. The van der Waals surface area contributed by atoms with Crippen LogP contribution in [0.5, 0.6) is 0 Å². The smallest absolute Gasteiger partial charge is 0.257 e. The van der Waals surface area contributed by atoms with Crippen molar-refractivity contribution in [3.05, 3.63) is 36.2 Å². The van der Waals surface area contributed by atoms with Gasteiger partial charge in [-0.2, -0.15) is 5.10 Å². The molecule has 0 N–H and O–H groups in total. The highest BCUT2D eigenvalue weighted by Crippen LogP contribution is 2.33. The Kier molecular flexibility index (Phi) is 3.72. The molecule has 2 amide bonds. The molecule has 0 radical (unpaired) electrons. The van der Waals surface area contributed by atoms with Crippen molar-refractivity contribution in [2.45, 2.75) is 0 Å². The molecule has 0 spiro atoms. The van der Waals surface area contributed by atoms with Gasteiger partial charge in [0.25, 0.3) is 5.91 Å². The zero-order chi connectivity index (χ0) is 16.7. The van der Waals surface area contributed by atoms with Crippen molar-refractivity contribution < 1.29 is 14.3 Å². The second-order valence-electron chi connectivity index (χ2n) is 6.44. The summed E-state index contributed by atoms with van der Waals surface area (Å²) in [6, 6.07) is 5.65. The summed E-state index contributed by atoms with van der Waals surface area (Å²) in [5.41, 5.74) is 1.40. The Bertz CT molecular complexity index is 787. The van der Waals surface area contributed by atoms with Crippen LogP contribution in [-0.2, 0) is 9.53 Å². The number of aromatic nitrogens is 2. The standard InChI is InChI=1S/C17H20N4O3/c1-24-7-6-19-9-12-10-20(11-14(12)17(19)23)16(22)13-8-18-21-5-3-2-4-15(13)21/h2-5,8,12,14H,6-7,9-11H2,1H3/t12-,14+/m1/s1. The Morgan fingerprint density at radius 2 is 2.21 bits per heavy atom. The normalized spacial score (nSPS) is 23.3. The van der Waals surface area contributed by atoms with Crippen molar-refractivity contribution in [1.82, 2.24) is 19.4 Å². The van der Waals surface area contributed by atoms with Gasteiger partial charge < -0.3 is 14.5 Å². The van der Waals surface area contributed by atoms with Crippen molar-refractivity contribution in [3.63, 3.8) is 0 Å². The molecule has 2 fully saturated rings. The predicted molar refractivity (Wildman–Crippen MR) is 86.5 cm³/mol. The van der Waals surface area contributed by atoms with Crippen molar-refractivity contribution in [2.24, 2.45) is 11.8 Å². The van der Waals surface area contributed by atoms with Crippen LogP contribution >= 0.6 is 0 Å². The van der Waals surface area contributed by atoms with E-state index in [1.165, 1.54) is 0 Å². The van der Waals surface area contributed by atoms with E-state index in [1.54, 1.807) is 22.7 Å². The third kappa shape index (κ3) is 2.36. The Morgan fingerprint density at radius 1 is 1.33 bits per heavy atom. The highest BCUT2D eigenvalue weighted by atomic mass is 16.5. The van der Waals surface area contributed by atoms with E-state index >= 15 is 0 Å². The lowest BCUT2D eigenvalue weighted by Gasteiger charge is -2.21. The molecule has 2 aliphatic heterocycles. The van der Waals surface area contributed by atoms with Crippen molar-refractivity contribution in [3.8, 4) is 0 Å². The maximum atomic E-state index is 12.8. The number of rotatable bonds is 4. The zero-order valence-corrected chi connectivity index (χ0v) is 13.6. The number of methoxy groups -OCH3 is 1. The summed E-state index contributed by atoms with van der Waals surface area (Å²) in [4.78, 5) is 29.0. The molecule has 4 heterocycles. The summed E-state index contributed by atoms with van der Waals surface area (Å²) < 4.78 is 6.75. The van der Waals surface area contributed by atoms with Gasteiger partial charge in [-0.15, -0.1) is 0 Å². The van der Waals surface area contributed by atoms with Crippen LogP contribution in [0, 0.1) is 11.8 Å². The number of carbonyl (C=O) groups excluding carboxylic acids is 2. The Hall–Kier alpha value is -2.41. The van der Waals surface area contributed by atoms with Crippen LogP contribution in [-0.4, -0.2) is 71.1 Å². The Balaban J connectivity index is 1.49. The van der Waals surface area contributed by atoms with Crippen LogP contribution in [0.4, 0.5) is 0 Å². The highest BCUT2D eigenvalue weighted by Gasteiger charge is 2.47. The molecule has 2 atom stereocenters. The molecule has 2 aliphatic rings. The zero-order valence-electron chi connectivity index (χ0n) is 13.6. The number of hydrogen-bond acceptors (Lipinski definition) is 4. The molecular formula is C17H20N4O3. The minimum Gasteiger partial charge on any atom is -0.383 e. The van der Waals surface area contributed by atoms with E-state index in [4.69, 9.17) is 4.74 Å². The average molecular weight is 328 g/mol. The molecule has 2 aromatic rings. The lowest BCUT2D eigenvalue weighted by molar-refractivity contribution is -0.131. The molecule has 2 aromatic heterocycles. The van der Waals surface area contributed by atoms with Gasteiger partial charge in [-0.1, -0.05) is 6.07 Å². The number of likely N-dealkylation sites (tertiary alicyclic amines) is 2. The highest BCUT2D eigenvalue weighted by molar-refractivity contribution is 6.01. The summed E-state index contributed by atoms with van der Waals surface area (Å²) in [7, 11) is 1.64. The number of carbonyl (C=O) groups is 2. The second kappa shape index (κ2) is 5.90. The summed E-state index contributed by atoms with van der Waals surface area (Å²) in [5, 5.41) is 4.22. The van der Waals surface area contributed by atoms with E-state index in [0.717, 1.165) is 5.52 Å². The number of amides is 2. The average Bonchev–Trinajstić information content (AvgIpc) is 3.27. The number of nitrogens with zero attached hydrogens (tertiary/aromatic N) is 4. The van der Waals surface area contributed by atoms with Crippen LogP contribution in [0.2, 0.25) is 0 Å². The first-order valence-electron chi connectivity index (χ1n) is 8.18. The maximum Gasteiger partial charge on any atom is 0.257 e. The molecule has 0 aromatic carbocycles. The largest absolute Gasteiger partial charge is 0.383 e. The monoisotopic (exact) mass is 328 g/mol. The van der Waals surface area contributed by atoms with Gasteiger partial charge in [0.15, 0.2) is 0 Å². The first-order chi connectivity index (χ1) is 11.7. The van der Waals surface area contributed by atoms with Crippen LogP contribution < -0.4 is 0 Å². The van der Waals surface area contributed by atoms with Crippen LogP contribution in [0.3, 0.4) is 0 Å². The summed E-state index contributed by atoms with van der Waals surface area (Å²) in [6.07, 6.45) is 3.43. The number of fused-ring (bicyclic) bond motifs is 2. The molecule has 7 heteroatoms. The van der Waals surface area contributed by atoms with Gasteiger partial charge in [0, 0.05) is 45.4 Å². The lowest BCUT2D eigenvalue weighted by atomic mass is 10.0. The Labute approximate surface area is 139 Å². The second-order valence-corrected chi connectivity index (χ2v) is 6.44. The summed E-state index contributed by atoms with van der Waals surface area (Å²) in [5.74, 6) is 0.252. The van der Waals surface area contributed by atoms with Gasteiger partial charge in [0.05, 0.1) is 29.8 Å². The molecule has 7 nitrogen and oxygen atoms in total. The minimum atomic E-state index is -0.0763. The quantitative estimate of drug-likeness (QED) is 0.820. The van der Waals surface area contributed by atoms with E-state index in [-0.39, 0.29) is 23.7 Å². The van der Waals surface area contributed by atoms with Gasteiger partial charge in [0.1, 0.15) is 0 Å².